The highest BCUT2D eigenvalue weighted by atomic mass is 79.9. The number of nitro groups is 1. The van der Waals surface area contributed by atoms with Crippen molar-refractivity contribution >= 4 is 44.3 Å². The van der Waals surface area contributed by atoms with Gasteiger partial charge < -0.3 is 4.98 Å². The molecule has 0 aliphatic heterocycles. The van der Waals surface area contributed by atoms with Crippen molar-refractivity contribution in [3.05, 3.63) is 67.9 Å². The van der Waals surface area contributed by atoms with Crippen LogP contribution in [0.5, 0.6) is 0 Å². The van der Waals surface area contributed by atoms with E-state index < -0.39 is 4.92 Å². The number of nitro benzene ring substituents is 1. The van der Waals surface area contributed by atoms with E-state index in [1.54, 1.807) is 18.2 Å². The molecule has 0 aliphatic carbocycles. The zero-order chi connectivity index (χ0) is 17.3. The van der Waals surface area contributed by atoms with Crippen LogP contribution in [-0.4, -0.2) is 14.9 Å². The molecule has 0 atom stereocenters. The van der Waals surface area contributed by atoms with Crippen LogP contribution in [0.3, 0.4) is 0 Å². The van der Waals surface area contributed by atoms with Gasteiger partial charge in [-0.05, 0) is 58.3 Å². The van der Waals surface area contributed by atoms with Gasteiger partial charge in [0.25, 0.3) is 5.69 Å². The maximum Gasteiger partial charge on any atom is 0.284 e. The van der Waals surface area contributed by atoms with Crippen LogP contribution in [-0.2, 0) is 0 Å². The molecule has 3 aromatic rings. The number of hydrogen-bond donors (Lipinski definition) is 1. The molecule has 1 aromatic heterocycles. The smallest absolute Gasteiger partial charge is 0.284 e. The fourth-order valence-corrected chi connectivity index (χ4v) is 2.72. The van der Waals surface area contributed by atoms with Gasteiger partial charge in [-0.3, -0.25) is 10.1 Å². The van der Waals surface area contributed by atoms with Gasteiger partial charge in [0.1, 0.15) is 11.9 Å². The second-order valence-corrected chi connectivity index (χ2v) is 6.10. The monoisotopic (exact) mass is 382 g/mol. The molecule has 0 amide bonds. The van der Waals surface area contributed by atoms with Gasteiger partial charge in [0, 0.05) is 6.07 Å². The summed E-state index contributed by atoms with van der Waals surface area (Å²) >= 11 is 3.14. The number of aryl methyl sites for hydroxylation is 1. The standard InChI is InChI=1S/C17H11BrN4O2/c1-10-2-5-14-15(6-10)21-17(20-14)12(9-19)7-11-3-4-13(18)16(8-11)22(23)24/h2-8H,1H3,(H,20,21)/b12-7+. The van der Waals surface area contributed by atoms with E-state index in [9.17, 15) is 15.4 Å². The highest BCUT2D eigenvalue weighted by Gasteiger charge is 2.13. The normalized spacial score (nSPS) is 11.5. The molecule has 0 saturated carbocycles. The Morgan fingerprint density at radius 2 is 2.17 bits per heavy atom. The third kappa shape index (κ3) is 3.05. The first-order valence-corrected chi connectivity index (χ1v) is 7.79. The Balaban J connectivity index is 2.07. The molecular weight excluding hydrogens is 372 g/mol. The summed E-state index contributed by atoms with van der Waals surface area (Å²) in [7, 11) is 0. The molecule has 0 fully saturated rings. The lowest BCUT2D eigenvalue weighted by atomic mass is 10.1. The van der Waals surface area contributed by atoms with Crippen LogP contribution in [0.4, 0.5) is 5.69 Å². The van der Waals surface area contributed by atoms with Crippen molar-refractivity contribution in [1.82, 2.24) is 9.97 Å². The summed E-state index contributed by atoms with van der Waals surface area (Å²) in [5.74, 6) is 0.434. The van der Waals surface area contributed by atoms with Crippen molar-refractivity contribution in [3.8, 4) is 6.07 Å². The lowest BCUT2D eigenvalue weighted by molar-refractivity contribution is -0.385. The van der Waals surface area contributed by atoms with E-state index in [0.29, 0.717) is 21.4 Å². The SMILES string of the molecule is Cc1ccc2nc(/C(C#N)=C/c3ccc(Br)c([N+](=O)[O-])c3)[nH]c2c1. The Morgan fingerprint density at radius 1 is 1.38 bits per heavy atom. The average Bonchev–Trinajstić information content (AvgIpc) is 2.96. The maximum atomic E-state index is 11.0. The van der Waals surface area contributed by atoms with E-state index in [4.69, 9.17) is 0 Å². The zero-order valence-corrected chi connectivity index (χ0v) is 14.2. The fourth-order valence-electron chi connectivity index (χ4n) is 2.33. The molecule has 3 rings (SSSR count). The van der Waals surface area contributed by atoms with Crippen LogP contribution in [0.15, 0.2) is 40.9 Å². The van der Waals surface area contributed by atoms with Crippen LogP contribution in [0.25, 0.3) is 22.7 Å². The fraction of sp³-hybridized carbons (Fsp3) is 0.0588. The molecule has 24 heavy (non-hydrogen) atoms. The number of H-pyrrole nitrogens is 1. The molecule has 0 unspecified atom stereocenters. The number of nitrogens with zero attached hydrogens (tertiary/aromatic N) is 3. The Labute approximate surface area is 145 Å². The predicted octanol–water partition coefficient (Wildman–Crippen LogP) is 4.61. The number of halogens is 1. The Bertz CT molecular complexity index is 1030. The first kappa shape index (κ1) is 15.9. The van der Waals surface area contributed by atoms with Crippen molar-refractivity contribution in [3.63, 3.8) is 0 Å². The molecule has 1 N–H and O–H groups in total. The van der Waals surface area contributed by atoms with E-state index in [-0.39, 0.29) is 5.69 Å². The van der Waals surface area contributed by atoms with E-state index >= 15 is 0 Å². The third-order valence-corrected chi connectivity index (χ3v) is 4.16. The minimum absolute atomic E-state index is 0.0544. The second-order valence-electron chi connectivity index (χ2n) is 5.24. The summed E-state index contributed by atoms with van der Waals surface area (Å²) in [5, 5.41) is 20.5. The molecule has 2 aromatic carbocycles. The number of rotatable bonds is 3. The van der Waals surface area contributed by atoms with Crippen molar-refractivity contribution in [2.24, 2.45) is 0 Å². The van der Waals surface area contributed by atoms with Crippen molar-refractivity contribution in [2.45, 2.75) is 6.92 Å². The van der Waals surface area contributed by atoms with E-state index in [2.05, 4.69) is 32.0 Å². The molecule has 0 spiro atoms. The molecule has 0 bridgehead atoms. The average molecular weight is 383 g/mol. The summed E-state index contributed by atoms with van der Waals surface area (Å²) < 4.78 is 0.391. The van der Waals surface area contributed by atoms with Gasteiger partial charge >= 0.3 is 0 Å². The van der Waals surface area contributed by atoms with Gasteiger partial charge in [0.15, 0.2) is 0 Å². The van der Waals surface area contributed by atoms with Gasteiger partial charge in [-0.15, -0.1) is 0 Å². The van der Waals surface area contributed by atoms with Gasteiger partial charge in [-0.1, -0.05) is 12.1 Å². The van der Waals surface area contributed by atoms with Crippen molar-refractivity contribution in [1.29, 1.82) is 5.26 Å². The summed E-state index contributed by atoms with van der Waals surface area (Å²) in [6, 6.07) is 12.6. The lowest BCUT2D eigenvalue weighted by Crippen LogP contribution is -1.90. The molecule has 7 heteroatoms. The van der Waals surface area contributed by atoms with Crippen molar-refractivity contribution < 1.29 is 4.92 Å². The molecule has 0 aliphatic rings. The topological polar surface area (TPSA) is 95.6 Å². The molecular formula is C17H11BrN4O2. The van der Waals surface area contributed by atoms with Crippen LogP contribution < -0.4 is 0 Å². The van der Waals surface area contributed by atoms with Crippen LogP contribution in [0.2, 0.25) is 0 Å². The maximum absolute atomic E-state index is 11.0. The molecule has 1 heterocycles. The number of benzene rings is 2. The zero-order valence-electron chi connectivity index (χ0n) is 12.6. The number of aromatic amines is 1. The molecule has 118 valence electrons. The number of allylic oxidation sites excluding steroid dienone is 1. The molecule has 6 nitrogen and oxygen atoms in total. The van der Waals surface area contributed by atoms with Gasteiger partial charge in [0.2, 0.25) is 0 Å². The van der Waals surface area contributed by atoms with Crippen LogP contribution in [0.1, 0.15) is 17.0 Å². The minimum atomic E-state index is -0.475. The predicted molar refractivity (Wildman–Crippen MR) is 95.1 cm³/mol. The number of fused-ring (bicyclic) bond motifs is 1. The largest absolute Gasteiger partial charge is 0.337 e. The first-order chi connectivity index (χ1) is 11.5. The van der Waals surface area contributed by atoms with Gasteiger partial charge in [-0.25, -0.2) is 4.98 Å². The van der Waals surface area contributed by atoms with Gasteiger partial charge in [-0.2, -0.15) is 5.26 Å². The summed E-state index contributed by atoms with van der Waals surface area (Å²) in [6.45, 7) is 1.97. The Morgan fingerprint density at radius 3 is 2.88 bits per heavy atom. The summed E-state index contributed by atoms with van der Waals surface area (Å²) in [6.07, 6.45) is 1.57. The Kier molecular flexibility index (Phi) is 4.15. The minimum Gasteiger partial charge on any atom is -0.337 e. The number of aromatic nitrogens is 2. The van der Waals surface area contributed by atoms with E-state index in [1.807, 2.05) is 25.1 Å². The number of hydrogen-bond acceptors (Lipinski definition) is 4. The highest BCUT2D eigenvalue weighted by molar-refractivity contribution is 9.10. The lowest BCUT2D eigenvalue weighted by Gasteiger charge is -1.99. The molecule has 0 radical (unpaired) electrons. The quantitative estimate of drug-likeness (QED) is 0.406. The number of nitriles is 1. The second kappa shape index (κ2) is 6.26. The summed E-state index contributed by atoms with van der Waals surface area (Å²) in [4.78, 5) is 18.1. The first-order valence-electron chi connectivity index (χ1n) is 7.00. The number of nitrogens with one attached hydrogen (secondary N) is 1. The highest BCUT2D eigenvalue weighted by Crippen LogP contribution is 2.27. The van der Waals surface area contributed by atoms with E-state index in [0.717, 1.165) is 16.6 Å². The van der Waals surface area contributed by atoms with Crippen LogP contribution >= 0.6 is 15.9 Å². The molecule has 0 saturated heterocycles. The number of imidazole rings is 1. The van der Waals surface area contributed by atoms with Gasteiger partial charge in [0.05, 0.1) is 26.0 Å². The summed E-state index contributed by atoms with van der Waals surface area (Å²) in [5.41, 5.74) is 3.50. The Hall–Kier alpha value is -2.98. The van der Waals surface area contributed by atoms with E-state index in [1.165, 1.54) is 6.07 Å². The van der Waals surface area contributed by atoms with Crippen molar-refractivity contribution in [2.75, 3.05) is 0 Å². The van der Waals surface area contributed by atoms with Crippen LogP contribution in [0, 0.1) is 28.4 Å². The third-order valence-electron chi connectivity index (χ3n) is 3.49.